The zero-order valence-electron chi connectivity index (χ0n) is 14.2. The van der Waals surface area contributed by atoms with Gasteiger partial charge in [-0.15, -0.1) is 0 Å². The van der Waals surface area contributed by atoms with Crippen LogP contribution in [0.1, 0.15) is 29.6 Å². The second-order valence-corrected chi connectivity index (χ2v) is 6.58. The van der Waals surface area contributed by atoms with Gasteiger partial charge in [0.2, 0.25) is 0 Å². The Morgan fingerprint density at radius 2 is 2.04 bits per heavy atom. The predicted molar refractivity (Wildman–Crippen MR) is 88.2 cm³/mol. The molecule has 0 saturated carbocycles. The average Bonchev–Trinajstić information content (AvgIpc) is 3.22. The maximum Gasteiger partial charge on any atom is 0.328 e. The number of nitrogens with one attached hydrogen (secondary N) is 1. The van der Waals surface area contributed by atoms with Crippen molar-refractivity contribution in [3.8, 4) is 0 Å². The maximum atomic E-state index is 12.9. The molecule has 0 spiro atoms. The Morgan fingerprint density at radius 3 is 2.71 bits per heavy atom. The van der Waals surface area contributed by atoms with Crippen LogP contribution in [-0.4, -0.2) is 70.7 Å². The van der Waals surface area contributed by atoms with Crippen LogP contribution in [0.2, 0.25) is 0 Å². The van der Waals surface area contributed by atoms with E-state index < -0.39 is 11.2 Å². The van der Waals surface area contributed by atoms with Gasteiger partial charge in [0.25, 0.3) is 11.5 Å². The molecule has 2 saturated heterocycles. The average molecular weight is 336 g/mol. The highest BCUT2D eigenvalue weighted by atomic mass is 16.5. The normalized spacial score (nSPS) is 24.7. The number of carbonyl (C=O) groups is 1. The summed E-state index contributed by atoms with van der Waals surface area (Å²) < 4.78 is 6.36. The minimum absolute atomic E-state index is 0.000255. The highest BCUT2D eigenvalue weighted by Crippen LogP contribution is 2.23. The van der Waals surface area contributed by atoms with Crippen LogP contribution in [0, 0.1) is 0 Å². The summed E-state index contributed by atoms with van der Waals surface area (Å²) in [5.41, 5.74) is -1.09. The van der Waals surface area contributed by atoms with E-state index >= 15 is 0 Å². The Bertz CT molecular complexity index is 720. The fourth-order valence-corrected chi connectivity index (χ4v) is 3.60. The first kappa shape index (κ1) is 16.9. The van der Waals surface area contributed by atoms with Gasteiger partial charge in [0.15, 0.2) is 0 Å². The van der Waals surface area contributed by atoms with E-state index in [-0.39, 0.29) is 23.6 Å². The molecule has 2 atom stereocenters. The minimum atomic E-state index is -0.565. The summed E-state index contributed by atoms with van der Waals surface area (Å²) in [5.74, 6) is -0.337. The molecule has 0 aromatic carbocycles. The third-order valence-corrected chi connectivity index (χ3v) is 5.05. The molecule has 1 amide bonds. The summed E-state index contributed by atoms with van der Waals surface area (Å²) in [5, 5.41) is 0. The molecule has 3 heterocycles. The number of H-pyrrole nitrogens is 1. The number of likely N-dealkylation sites (tertiary alicyclic amines) is 2. The summed E-state index contributed by atoms with van der Waals surface area (Å²) in [4.78, 5) is 43.1. The molecule has 1 aromatic rings. The third kappa shape index (κ3) is 3.16. The highest BCUT2D eigenvalue weighted by molar-refractivity contribution is 5.94. The van der Waals surface area contributed by atoms with Crippen molar-refractivity contribution in [2.24, 2.45) is 7.05 Å². The molecular formula is C16H24N4O4. The van der Waals surface area contributed by atoms with E-state index in [9.17, 15) is 14.4 Å². The van der Waals surface area contributed by atoms with Gasteiger partial charge >= 0.3 is 5.69 Å². The first-order chi connectivity index (χ1) is 11.5. The van der Waals surface area contributed by atoms with Crippen LogP contribution >= 0.6 is 0 Å². The lowest BCUT2D eigenvalue weighted by Gasteiger charge is -2.28. The van der Waals surface area contributed by atoms with Crippen molar-refractivity contribution in [3.05, 3.63) is 32.6 Å². The van der Waals surface area contributed by atoms with E-state index in [2.05, 4.69) is 9.88 Å². The fraction of sp³-hybridized carbons (Fsp3) is 0.688. The summed E-state index contributed by atoms with van der Waals surface area (Å²) in [7, 11) is 3.01. The molecule has 1 aromatic heterocycles. The molecule has 8 nitrogen and oxygen atoms in total. The summed E-state index contributed by atoms with van der Waals surface area (Å²) >= 11 is 0. The van der Waals surface area contributed by atoms with Gasteiger partial charge in [0.1, 0.15) is 5.56 Å². The second kappa shape index (κ2) is 6.90. The van der Waals surface area contributed by atoms with E-state index in [1.54, 1.807) is 12.0 Å². The van der Waals surface area contributed by atoms with E-state index in [0.717, 1.165) is 30.6 Å². The molecule has 24 heavy (non-hydrogen) atoms. The number of hydrogen-bond donors (Lipinski definition) is 1. The number of methoxy groups -OCH3 is 1. The van der Waals surface area contributed by atoms with E-state index in [4.69, 9.17) is 4.74 Å². The summed E-state index contributed by atoms with van der Waals surface area (Å²) in [6.07, 6.45) is 4.35. The molecular weight excluding hydrogens is 312 g/mol. The van der Waals surface area contributed by atoms with Crippen molar-refractivity contribution in [3.63, 3.8) is 0 Å². The lowest BCUT2D eigenvalue weighted by Crippen LogP contribution is -2.46. The Morgan fingerprint density at radius 1 is 1.33 bits per heavy atom. The van der Waals surface area contributed by atoms with Gasteiger partial charge < -0.3 is 19.5 Å². The highest BCUT2D eigenvalue weighted by Gasteiger charge is 2.37. The molecule has 8 heteroatoms. The zero-order chi connectivity index (χ0) is 17.3. The smallest absolute Gasteiger partial charge is 0.328 e. The quantitative estimate of drug-likeness (QED) is 0.793. The topological polar surface area (TPSA) is 87.6 Å². The lowest BCUT2D eigenvalue weighted by atomic mass is 10.1. The van der Waals surface area contributed by atoms with Crippen molar-refractivity contribution in [2.75, 3.05) is 33.3 Å². The van der Waals surface area contributed by atoms with Crippen molar-refractivity contribution >= 4 is 5.91 Å². The van der Waals surface area contributed by atoms with Crippen molar-refractivity contribution < 1.29 is 9.53 Å². The number of aromatic amines is 1. The van der Waals surface area contributed by atoms with Crippen LogP contribution in [0.15, 0.2) is 15.8 Å². The molecule has 0 bridgehead atoms. The van der Waals surface area contributed by atoms with Crippen molar-refractivity contribution in [2.45, 2.75) is 31.4 Å². The molecule has 1 N–H and O–H groups in total. The largest absolute Gasteiger partial charge is 0.380 e. The van der Waals surface area contributed by atoms with Crippen LogP contribution in [0.25, 0.3) is 0 Å². The van der Waals surface area contributed by atoms with Gasteiger partial charge in [-0.2, -0.15) is 0 Å². The fourth-order valence-electron chi connectivity index (χ4n) is 3.60. The molecule has 2 aliphatic rings. The number of amides is 1. The van der Waals surface area contributed by atoms with Gasteiger partial charge in [-0.25, -0.2) is 4.79 Å². The Hall–Kier alpha value is -1.93. The minimum Gasteiger partial charge on any atom is -0.380 e. The van der Waals surface area contributed by atoms with Crippen LogP contribution < -0.4 is 11.2 Å². The monoisotopic (exact) mass is 336 g/mol. The van der Waals surface area contributed by atoms with E-state index in [1.807, 2.05) is 0 Å². The number of carbonyl (C=O) groups excluding carboxylic acids is 1. The summed E-state index contributed by atoms with van der Waals surface area (Å²) in [6.45, 7) is 3.37. The van der Waals surface area contributed by atoms with Gasteiger partial charge in [-0.1, -0.05) is 0 Å². The zero-order valence-corrected chi connectivity index (χ0v) is 14.2. The number of aromatic nitrogens is 2. The van der Waals surface area contributed by atoms with Crippen molar-refractivity contribution in [1.82, 2.24) is 19.4 Å². The SMILES string of the molecule is CO[C@H]1C[C@@H](CN2CCCC2)N(C(=O)c2c[nH]c(=O)n(C)c2=O)C1. The van der Waals surface area contributed by atoms with E-state index in [0.29, 0.717) is 6.54 Å². The number of ether oxygens (including phenoxy) is 1. The molecule has 2 aliphatic heterocycles. The Labute approximate surface area is 140 Å². The molecule has 0 aliphatic carbocycles. The van der Waals surface area contributed by atoms with Crippen LogP contribution in [0.5, 0.6) is 0 Å². The van der Waals surface area contributed by atoms with Gasteiger partial charge in [-0.05, 0) is 32.4 Å². The standard InChI is InChI=1S/C16H24N4O4/c1-18-14(21)13(8-17-16(18)23)15(22)20-10-12(24-2)7-11(20)9-19-5-3-4-6-19/h8,11-12H,3-7,9-10H2,1-2H3,(H,17,23)/t11-,12-/m0/s1. The van der Waals surface area contributed by atoms with Gasteiger partial charge in [-0.3, -0.25) is 14.2 Å². The second-order valence-electron chi connectivity index (χ2n) is 6.58. The Balaban J connectivity index is 1.84. The maximum absolute atomic E-state index is 12.9. The molecule has 0 unspecified atom stereocenters. The third-order valence-electron chi connectivity index (χ3n) is 5.05. The van der Waals surface area contributed by atoms with E-state index in [1.165, 1.54) is 26.1 Å². The van der Waals surface area contributed by atoms with Gasteiger partial charge in [0, 0.05) is 39.5 Å². The molecule has 0 radical (unpaired) electrons. The van der Waals surface area contributed by atoms with Crippen LogP contribution in [0.4, 0.5) is 0 Å². The number of rotatable bonds is 4. The predicted octanol–water partition coefficient (Wildman–Crippen LogP) is -0.601. The first-order valence-electron chi connectivity index (χ1n) is 8.36. The molecule has 132 valence electrons. The number of hydrogen-bond acceptors (Lipinski definition) is 5. The Kier molecular flexibility index (Phi) is 4.86. The van der Waals surface area contributed by atoms with Crippen molar-refractivity contribution in [1.29, 1.82) is 0 Å². The summed E-state index contributed by atoms with van der Waals surface area (Å²) in [6, 6.07) is 0.0252. The lowest BCUT2D eigenvalue weighted by molar-refractivity contribution is 0.0667. The number of nitrogens with zero attached hydrogens (tertiary/aromatic N) is 3. The first-order valence-corrected chi connectivity index (χ1v) is 8.36. The van der Waals surface area contributed by atoms with Crippen LogP contribution in [0.3, 0.4) is 0 Å². The van der Waals surface area contributed by atoms with Crippen LogP contribution in [-0.2, 0) is 11.8 Å². The molecule has 3 rings (SSSR count). The molecule has 2 fully saturated rings. The van der Waals surface area contributed by atoms with Gasteiger partial charge in [0.05, 0.1) is 6.10 Å².